The van der Waals surface area contributed by atoms with Crippen LogP contribution in [-0.2, 0) is 0 Å². The van der Waals surface area contributed by atoms with Gasteiger partial charge in [0.2, 0.25) is 0 Å². The number of aromatic nitrogens is 3. The van der Waals surface area contributed by atoms with E-state index in [4.69, 9.17) is 15.0 Å². The summed E-state index contributed by atoms with van der Waals surface area (Å²) < 4.78 is 0. The Bertz CT molecular complexity index is 2790. The third-order valence-corrected chi connectivity index (χ3v) is 10.1. The van der Waals surface area contributed by atoms with Crippen molar-refractivity contribution < 1.29 is 0 Å². The SMILES string of the molecule is C1=CNC(c2ccc3ccc(-c4ccc5ccc(-c6cc(C7=Cc8ccccc8NC7)cc(-c7cnc8ccccc8c7)c6)cc5n4)cc3n2)C=C1. The Balaban J connectivity index is 1.06. The van der Waals surface area contributed by atoms with Crippen LogP contribution in [0, 0.1) is 0 Å². The molecule has 0 fully saturated rings. The normalized spacial score (nSPS) is 14.9. The lowest BCUT2D eigenvalue weighted by molar-refractivity contribution is 0.725. The Morgan fingerprint density at radius 2 is 1.29 bits per heavy atom. The molecule has 246 valence electrons. The maximum atomic E-state index is 5.21. The second-order valence-corrected chi connectivity index (χ2v) is 13.5. The number of hydrogen-bond acceptors (Lipinski definition) is 5. The maximum absolute atomic E-state index is 5.21. The minimum absolute atomic E-state index is 0.0632. The predicted molar refractivity (Wildman–Crippen MR) is 216 cm³/mol. The van der Waals surface area contributed by atoms with E-state index >= 15 is 0 Å². The van der Waals surface area contributed by atoms with Crippen molar-refractivity contribution in [2.45, 2.75) is 6.04 Å². The number of para-hydroxylation sites is 2. The van der Waals surface area contributed by atoms with Crippen molar-refractivity contribution in [1.82, 2.24) is 20.3 Å². The van der Waals surface area contributed by atoms with E-state index in [0.717, 1.165) is 84.1 Å². The number of anilines is 1. The van der Waals surface area contributed by atoms with Crippen LogP contribution in [-0.4, -0.2) is 21.5 Å². The highest BCUT2D eigenvalue weighted by molar-refractivity contribution is 5.95. The first-order valence-electron chi connectivity index (χ1n) is 17.7. The molecular weight excluding hydrogens is 635 g/mol. The summed E-state index contributed by atoms with van der Waals surface area (Å²) in [5, 5.41) is 10.3. The summed E-state index contributed by atoms with van der Waals surface area (Å²) in [7, 11) is 0. The highest BCUT2D eigenvalue weighted by Gasteiger charge is 2.15. The van der Waals surface area contributed by atoms with E-state index in [1.165, 1.54) is 16.7 Å². The van der Waals surface area contributed by atoms with Gasteiger partial charge in [0.15, 0.2) is 0 Å². The van der Waals surface area contributed by atoms with Crippen molar-refractivity contribution in [2.75, 3.05) is 11.9 Å². The number of nitrogens with zero attached hydrogens (tertiary/aromatic N) is 3. The molecule has 5 nitrogen and oxygen atoms in total. The van der Waals surface area contributed by atoms with E-state index in [-0.39, 0.29) is 6.04 Å². The molecule has 1 atom stereocenters. The molecule has 0 amide bonds. The van der Waals surface area contributed by atoms with Gasteiger partial charge in [0.1, 0.15) is 0 Å². The molecule has 0 radical (unpaired) electrons. The lowest BCUT2D eigenvalue weighted by Gasteiger charge is -2.20. The zero-order valence-corrected chi connectivity index (χ0v) is 28.3. The topological polar surface area (TPSA) is 62.7 Å². The summed E-state index contributed by atoms with van der Waals surface area (Å²) in [6.07, 6.45) is 12.4. The van der Waals surface area contributed by atoms with Crippen molar-refractivity contribution in [1.29, 1.82) is 0 Å². The summed E-state index contributed by atoms with van der Waals surface area (Å²) in [5.74, 6) is 0. The van der Waals surface area contributed by atoms with Gasteiger partial charge in [-0.2, -0.15) is 0 Å². The van der Waals surface area contributed by atoms with Crippen LogP contribution in [0.2, 0.25) is 0 Å². The molecule has 5 heteroatoms. The van der Waals surface area contributed by atoms with Crippen molar-refractivity contribution >= 4 is 50.0 Å². The molecule has 0 saturated heterocycles. The molecule has 5 heterocycles. The van der Waals surface area contributed by atoms with Crippen LogP contribution in [0.1, 0.15) is 22.9 Å². The quantitative estimate of drug-likeness (QED) is 0.191. The van der Waals surface area contributed by atoms with Gasteiger partial charge in [-0.1, -0.05) is 84.9 Å². The maximum Gasteiger partial charge on any atom is 0.0868 e. The molecule has 10 rings (SSSR count). The molecular formula is C47H33N5. The summed E-state index contributed by atoms with van der Waals surface area (Å²) in [4.78, 5) is 15.0. The van der Waals surface area contributed by atoms with Crippen LogP contribution >= 0.6 is 0 Å². The van der Waals surface area contributed by atoms with Gasteiger partial charge < -0.3 is 10.6 Å². The lowest BCUT2D eigenvalue weighted by atomic mass is 9.91. The summed E-state index contributed by atoms with van der Waals surface area (Å²) in [6, 6.07) is 47.5. The smallest absolute Gasteiger partial charge is 0.0868 e. The second-order valence-electron chi connectivity index (χ2n) is 13.5. The van der Waals surface area contributed by atoms with E-state index < -0.39 is 0 Å². The minimum atomic E-state index is 0.0632. The molecule has 52 heavy (non-hydrogen) atoms. The molecule has 8 aromatic rings. The number of fused-ring (bicyclic) bond motifs is 4. The third kappa shape index (κ3) is 5.59. The zero-order valence-electron chi connectivity index (χ0n) is 28.3. The first-order valence-corrected chi connectivity index (χ1v) is 17.7. The number of hydrogen-bond donors (Lipinski definition) is 2. The van der Waals surface area contributed by atoms with Crippen molar-refractivity contribution in [3.05, 3.63) is 181 Å². The predicted octanol–water partition coefficient (Wildman–Crippen LogP) is 11.0. The minimum Gasteiger partial charge on any atom is -0.380 e. The van der Waals surface area contributed by atoms with Crippen LogP contribution in [0.3, 0.4) is 0 Å². The first-order chi connectivity index (χ1) is 25.7. The van der Waals surface area contributed by atoms with Crippen LogP contribution in [0.5, 0.6) is 0 Å². The average Bonchev–Trinajstić information content (AvgIpc) is 3.22. The summed E-state index contributed by atoms with van der Waals surface area (Å²) in [6.45, 7) is 0.755. The average molecular weight is 668 g/mol. The Hall–Kier alpha value is -6.85. The van der Waals surface area contributed by atoms with Crippen LogP contribution in [0.15, 0.2) is 164 Å². The van der Waals surface area contributed by atoms with Gasteiger partial charge in [-0.25, -0.2) is 4.98 Å². The fraction of sp³-hybridized carbons (Fsp3) is 0.0426. The number of dihydropyridines is 1. The Morgan fingerprint density at radius 3 is 2.19 bits per heavy atom. The monoisotopic (exact) mass is 667 g/mol. The second kappa shape index (κ2) is 12.5. The molecule has 0 bridgehead atoms. The van der Waals surface area contributed by atoms with E-state index in [2.05, 4.69) is 156 Å². The Kier molecular flexibility index (Phi) is 7.21. The molecule has 0 saturated carbocycles. The standard InChI is InChI=1S/C47H33N5/c1-3-9-41-33(7-1)21-39(28-49-41)37-23-36(24-38(25-37)40-22-34-8-2-4-10-42(34)50-29-40)32-14-12-30-16-18-43(51-46(30)26-32)35-15-13-31-17-19-45(52-47(31)27-35)44-11-5-6-20-48-44/h1-28,44,48,50H,29H2. The number of pyridine rings is 3. The van der Waals surface area contributed by atoms with Crippen LogP contribution in [0.25, 0.3) is 77.9 Å². The largest absolute Gasteiger partial charge is 0.380 e. The summed E-state index contributed by atoms with van der Waals surface area (Å²) in [5.41, 5.74) is 15.1. The van der Waals surface area contributed by atoms with Gasteiger partial charge >= 0.3 is 0 Å². The van der Waals surface area contributed by atoms with E-state index in [1.807, 2.05) is 24.5 Å². The summed E-state index contributed by atoms with van der Waals surface area (Å²) >= 11 is 0. The van der Waals surface area contributed by atoms with Crippen LogP contribution < -0.4 is 10.6 Å². The Morgan fingerprint density at radius 1 is 0.538 bits per heavy atom. The molecule has 2 aliphatic heterocycles. The molecule has 5 aromatic carbocycles. The molecule has 2 N–H and O–H groups in total. The van der Waals surface area contributed by atoms with Crippen molar-refractivity contribution in [3.63, 3.8) is 0 Å². The van der Waals surface area contributed by atoms with Crippen molar-refractivity contribution in [3.8, 4) is 33.5 Å². The van der Waals surface area contributed by atoms with E-state index in [9.17, 15) is 0 Å². The van der Waals surface area contributed by atoms with Crippen LogP contribution in [0.4, 0.5) is 5.69 Å². The van der Waals surface area contributed by atoms with Gasteiger partial charge in [-0.3, -0.25) is 9.97 Å². The molecule has 1 unspecified atom stereocenters. The highest BCUT2D eigenvalue weighted by atomic mass is 14.9. The molecule has 3 aromatic heterocycles. The van der Waals surface area contributed by atoms with Gasteiger partial charge in [0.05, 0.1) is 34.0 Å². The molecule has 0 spiro atoms. The fourth-order valence-electron chi connectivity index (χ4n) is 7.33. The lowest BCUT2D eigenvalue weighted by Crippen LogP contribution is -2.16. The van der Waals surface area contributed by atoms with Gasteiger partial charge in [0.25, 0.3) is 0 Å². The number of nitrogens with one attached hydrogen (secondary N) is 2. The first kappa shape index (κ1) is 30.0. The number of benzene rings is 5. The Labute approximate surface area is 301 Å². The molecule has 2 aliphatic rings. The van der Waals surface area contributed by atoms with Gasteiger partial charge in [0, 0.05) is 45.7 Å². The molecule has 0 aliphatic carbocycles. The van der Waals surface area contributed by atoms with Gasteiger partial charge in [-0.05, 0) is 112 Å². The highest BCUT2D eigenvalue weighted by Crippen LogP contribution is 2.36. The third-order valence-electron chi connectivity index (χ3n) is 10.1. The fourth-order valence-corrected chi connectivity index (χ4v) is 7.33. The van der Waals surface area contributed by atoms with E-state index in [1.54, 1.807) is 0 Å². The number of allylic oxidation sites excluding steroid dienone is 2. The number of rotatable bonds is 5. The van der Waals surface area contributed by atoms with Gasteiger partial charge in [-0.15, -0.1) is 0 Å². The zero-order chi connectivity index (χ0) is 34.4. The van der Waals surface area contributed by atoms with Crippen molar-refractivity contribution in [2.24, 2.45) is 0 Å². The van der Waals surface area contributed by atoms with E-state index in [0.29, 0.717) is 0 Å².